The molecule has 0 unspecified atom stereocenters. The molecule has 6 rings (SSSR count). The topological polar surface area (TPSA) is 83.6 Å². The number of aromatic amines is 1. The molecular weight excluding hydrogens is 500 g/mol. The van der Waals surface area contributed by atoms with E-state index in [4.69, 9.17) is 0 Å². The zero-order chi connectivity index (χ0) is 27.5. The minimum atomic E-state index is -0.220. The van der Waals surface area contributed by atoms with Crippen LogP contribution in [-0.4, -0.2) is 107 Å². The Morgan fingerprint density at radius 1 is 0.800 bits per heavy atom. The maximum atomic E-state index is 13.3. The highest BCUT2D eigenvalue weighted by molar-refractivity contribution is 6.11. The van der Waals surface area contributed by atoms with E-state index in [-0.39, 0.29) is 5.91 Å². The van der Waals surface area contributed by atoms with Crippen molar-refractivity contribution < 1.29 is 4.79 Å². The Morgan fingerprint density at radius 2 is 1.50 bits per heavy atom. The molecule has 4 aromatic rings. The van der Waals surface area contributed by atoms with Gasteiger partial charge < -0.3 is 15.1 Å². The number of pyridine rings is 1. The van der Waals surface area contributed by atoms with Crippen LogP contribution >= 0.6 is 0 Å². The van der Waals surface area contributed by atoms with Crippen LogP contribution < -0.4 is 5.32 Å². The lowest BCUT2D eigenvalue weighted by Gasteiger charge is -2.32. The van der Waals surface area contributed by atoms with Crippen molar-refractivity contribution in [2.24, 2.45) is 0 Å². The van der Waals surface area contributed by atoms with Gasteiger partial charge in [-0.25, -0.2) is 0 Å². The van der Waals surface area contributed by atoms with Crippen LogP contribution in [0.1, 0.15) is 21.6 Å². The predicted octanol–water partition coefficient (Wildman–Crippen LogP) is 3.37. The third-order valence-corrected chi connectivity index (χ3v) is 8.10. The molecule has 2 aliphatic heterocycles. The molecular formula is C31H38N8O. The zero-order valence-electron chi connectivity index (χ0n) is 23.4. The van der Waals surface area contributed by atoms with Gasteiger partial charge in [-0.05, 0) is 61.1 Å². The summed E-state index contributed by atoms with van der Waals surface area (Å²) in [6, 6.07) is 16.4. The number of anilines is 1. The Morgan fingerprint density at radius 3 is 2.23 bits per heavy atom. The fourth-order valence-corrected chi connectivity index (χ4v) is 5.56. The Labute approximate surface area is 235 Å². The quantitative estimate of drug-likeness (QED) is 0.373. The molecule has 0 saturated carbocycles. The van der Waals surface area contributed by atoms with Crippen LogP contribution in [0.2, 0.25) is 0 Å². The Balaban J connectivity index is 1.16. The standard InChI is InChI=1S/C31H38N8O/c1-36-8-12-38(13-9-36)21-23-4-3-5-27(17-23)33-31(40)30-28-18-25(6-7-29(28)34-35-30)26-16-24(19-32-20-26)22-39-14-10-37(2)11-15-39/h3-7,16-20H,8-15,21-22H2,1-2H3,(H,33,40)(H,34,35). The average molecular weight is 539 g/mol. The van der Waals surface area contributed by atoms with Crippen molar-refractivity contribution >= 4 is 22.5 Å². The number of carbonyl (C=O) groups excluding carboxylic acids is 1. The van der Waals surface area contributed by atoms with Crippen molar-refractivity contribution in [3.8, 4) is 11.1 Å². The van der Waals surface area contributed by atoms with Crippen molar-refractivity contribution in [2.75, 3.05) is 71.8 Å². The predicted molar refractivity (Wildman–Crippen MR) is 159 cm³/mol. The number of nitrogens with zero attached hydrogens (tertiary/aromatic N) is 6. The van der Waals surface area contributed by atoms with Gasteiger partial charge in [-0.1, -0.05) is 18.2 Å². The first-order valence-electron chi connectivity index (χ1n) is 14.1. The number of aromatic nitrogens is 3. The molecule has 208 valence electrons. The highest BCUT2D eigenvalue weighted by Gasteiger charge is 2.18. The number of H-pyrrole nitrogens is 1. The van der Waals surface area contributed by atoms with Gasteiger partial charge >= 0.3 is 0 Å². The molecule has 0 radical (unpaired) electrons. The van der Waals surface area contributed by atoms with Crippen molar-refractivity contribution in [2.45, 2.75) is 13.1 Å². The molecule has 40 heavy (non-hydrogen) atoms. The van der Waals surface area contributed by atoms with Crippen LogP contribution in [0.5, 0.6) is 0 Å². The van der Waals surface area contributed by atoms with E-state index in [0.29, 0.717) is 5.69 Å². The van der Waals surface area contributed by atoms with Crippen LogP contribution in [0.25, 0.3) is 22.0 Å². The lowest BCUT2D eigenvalue weighted by atomic mass is 10.0. The van der Waals surface area contributed by atoms with E-state index in [1.165, 1.54) is 11.1 Å². The maximum absolute atomic E-state index is 13.3. The van der Waals surface area contributed by atoms with E-state index >= 15 is 0 Å². The molecule has 0 atom stereocenters. The van der Waals surface area contributed by atoms with Crippen molar-refractivity contribution in [1.29, 1.82) is 0 Å². The second kappa shape index (κ2) is 11.9. The van der Waals surface area contributed by atoms with Gasteiger partial charge in [0.1, 0.15) is 0 Å². The van der Waals surface area contributed by atoms with Crippen LogP contribution in [0, 0.1) is 0 Å². The number of piperazine rings is 2. The summed E-state index contributed by atoms with van der Waals surface area (Å²) >= 11 is 0. The van der Waals surface area contributed by atoms with Gasteiger partial charge in [0, 0.05) is 94.5 Å². The highest BCUT2D eigenvalue weighted by atomic mass is 16.1. The van der Waals surface area contributed by atoms with E-state index in [1.807, 2.05) is 36.7 Å². The summed E-state index contributed by atoms with van der Waals surface area (Å²) in [6.45, 7) is 10.4. The summed E-state index contributed by atoms with van der Waals surface area (Å²) in [5.41, 5.74) is 6.46. The summed E-state index contributed by atoms with van der Waals surface area (Å²) in [4.78, 5) is 27.5. The largest absolute Gasteiger partial charge is 0.321 e. The minimum absolute atomic E-state index is 0.220. The number of likely N-dealkylation sites (N-methyl/N-ethyl adjacent to an activating group) is 2. The summed E-state index contributed by atoms with van der Waals surface area (Å²) in [5, 5.41) is 11.3. The SMILES string of the molecule is CN1CCN(Cc2cccc(NC(=O)c3n[nH]c4ccc(-c5cncc(CN6CCN(C)CC6)c5)cc34)c2)CC1. The van der Waals surface area contributed by atoms with Crippen molar-refractivity contribution in [1.82, 2.24) is 34.8 Å². The van der Waals surface area contributed by atoms with E-state index in [0.717, 1.165) is 93.2 Å². The van der Waals surface area contributed by atoms with Crippen molar-refractivity contribution in [3.05, 3.63) is 77.7 Å². The number of carbonyl (C=O) groups is 1. The third kappa shape index (κ3) is 6.23. The normalized spacial score (nSPS) is 17.9. The van der Waals surface area contributed by atoms with E-state index in [9.17, 15) is 4.79 Å². The highest BCUT2D eigenvalue weighted by Crippen LogP contribution is 2.27. The molecule has 2 aliphatic rings. The molecule has 2 N–H and O–H groups in total. The van der Waals surface area contributed by atoms with E-state index in [2.05, 4.69) is 78.5 Å². The van der Waals surface area contributed by atoms with Gasteiger partial charge in [0.05, 0.1) is 5.52 Å². The zero-order valence-corrected chi connectivity index (χ0v) is 23.4. The number of hydrogen-bond acceptors (Lipinski definition) is 7. The third-order valence-electron chi connectivity index (χ3n) is 8.10. The molecule has 2 saturated heterocycles. The molecule has 2 fully saturated rings. The number of amides is 1. The lowest BCUT2D eigenvalue weighted by molar-refractivity contribution is 0.102. The molecule has 9 nitrogen and oxygen atoms in total. The van der Waals surface area contributed by atoms with Crippen molar-refractivity contribution in [3.63, 3.8) is 0 Å². The fourth-order valence-electron chi connectivity index (χ4n) is 5.56. The molecule has 4 heterocycles. The van der Waals surface area contributed by atoms with Gasteiger partial charge in [0.2, 0.25) is 0 Å². The summed E-state index contributed by atoms with van der Waals surface area (Å²) in [6.07, 6.45) is 3.84. The van der Waals surface area contributed by atoms with Gasteiger partial charge in [0.15, 0.2) is 5.69 Å². The summed E-state index contributed by atoms with van der Waals surface area (Å²) in [5.74, 6) is -0.220. The second-order valence-corrected chi connectivity index (χ2v) is 11.2. The van der Waals surface area contributed by atoms with E-state index in [1.54, 1.807) is 0 Å². The molecule has 0 aliphatic carbocycles. The Kier molecular flexibility index (Phi) is 7.88. The first-order valence-corrected chi connectivity index (χ1v) is 14.1. The lowest BCUT2D eigenvalue weighted by Crippen LogP contribution is -2.43. The Hall–Kier alpha value is -3.63. The van der Waals surface area contributed by atoms with Crippen LogP contribution in [0.15, 0.2) is 60.9 Å². The van der Waals surface area contributed by atoms with Gasteiger partial charge in [-0.2, -0.15) is 5.10 Å². The molecule has 1 amide bonds. The summed E-state index contributed by atoms with van der Waals surface area (Å²) in [7, 11) is 4.34. The summed E-state index contributed by atoms with van der Waals surface area (Å²) < 4.78 is 0. The maximum Gasteiger partial charge on any atom is 0.276 e. The van der Waals surface area contributed by atoms with Gasteiger partial charge in [-0.3, -0.25) is 24.7 Å². The minimum Gasteiger partial charge on any atom is -0.321 e. The smallest absolute Gasteiger partial charge is 0.276 e. The molecule has 0 spiro atoms. The number of hydrogen-bond donors (Lipinski definition) is 2. The number of nitrogens with one attached hydrogen (secondary N) is 2. The Bertz CT molecular complexity index is 1470. The van der Waals surface area contributed by atoms with Crippen LogP contribution in [-0.2, 0) is 13.1 Å². The number of rotatable bonds is 7. The molecule has 2 aromatic heterocycles. The van der Waals surface area contributed by atoms with E-state index < -0.39 is 0 Å². The number of fused-ring (bicyclic) bond motifs is 1. The monoisotopic (exact) mass is 538 g/mol. The van der Waals surface area contributed by atoms with Crippen LogP contribution in [0.4, 0.5) is 5.69 Å². The van der Waals surface area contributed by atoms with Crippen LogP contribution in [0.3, 0.4) is 0 Å². The second-order valence-electron chi connectivity index (χ2n) is 11.2. The van der Waals surface area contributed by atoms with Gasteiger partial charge in [0.25, 0.3) is 5.91 Å². The molecule has 9 heteroatoms. The van der Waals surface area contributed by atoms with Gasteiger partial charge in [-0.15, -0.1) is 0 Å². The first kappa shape index (κ1) is 26.6. The average Bonchev–Trinajstić information content (AvgIpc) is 3.40. The molecule has 0 bridgehead atoms. The molecule has 2 aromatic carbocycles. The number of benzene rings is 2. The fraction of sp³-hybridized carbons (Fsp3) is 0.387. The first-order chi connectivity index (χ1) is 19.5.